The van der Waals surface area contributed by atoms with Crippen molar-refractivity contribution in [2.45, 2.75) is 13.3 Å². The molecule has 0 atom stereocenters. The Bertz CT molecular complexity index is 1310. The summed E-state index contributed by atoms with van der Waals surface area (Å²) in [7, 11) is 0. The maximum Gasteiger partial charge on any atom is 0.273 e. The Hall–Kier alpha value is -2.83. The molecule has 0 N–H and O–H groups in total. The van der Waals surface area contributed by atoms with Crippen LogP contribution in [0.5, 0.6) is 0 Å². The summed E-state index contributed by atoms with van der Waals surface area (Å²) in [6.45, 7) is 1.98. The maximum absolute atomic E-state index is 13.2. The fraction of sp³-hybridized carbons (Fsp3) is 0.0952. The number of para-hydroxylation sites is 1. The van der Waals surface area contributed by atoms with E-state index in [1.165, 1.54) is 4.57 Å². The average Bonchev–Trinajstić information content (AvgIpc) is 3.01. The van der Waals surface area contributed by atoms with Gasteiger partial charge < -0.3 is 0 Å². The summed E-state index contributed by atoms with van der Waals surface area (Å²) in [5.74, 6) is 0. The molecule has 0 fully saturated rings. The molecule has 138 valence electrons. The highest BCUT2D eigenvalue weighted by molar-refractivity contribution is 7.07. The van der Waals surface area contributed by atoms with Crippen molar-refractivity contribution in [3.8, 4) is 17.8 Å². The first-order chi connectivity index (χ1) is 13.5. The second kappa shape index (κ2) is 8.46. The van der Waals surface area contributed by atoms with Crippen LogP contribution in [0.4, 0.5) is 0 Å². The largest absolute Gasteiger partial charge is 0.273 e. The predicted octanol–water partition coefficient (Wildman–Crippen LogP) is 3.79. The van der Waals surface area contributed by atoms with E-state index in [4.69, 9.17) is 23.2 Å². The normalized spacial score (nSPS) is 11.1. The Labute approximate surface area is 175 Å². The van der Waals surface area contributed by atoms with Gasteiger partial charge in [-0.15, -0.1) is 11.3 Å². The summed E-state index contributed by atoms with van der Waals surface area (Å²) < 4.78 is 2.10. The predicted molar refractivity (Wildman–Crippen MR) is 113 cm³/mol. The lowest BCUT2D eigenvalue weighted by atomic mass is 10.1. The van der Waals surface area contributed by atoms with Gasteiger partial charge in [-0.1, -0.05) is 54.4 Å². The van der Waals surface area contributed by atoms with Crippen molar-refractivity contribution in [1.82, 2.24) is 4.57 Å². The summed E-state index contributed by atoms with van der Waals surface area (Å²) in [5, 5.41) is 19.7. The SMILES string of the molecule is CCc1ccccc1-n1c(=C(C#N)C#N)s/c(=C/c2ccc(Cl)cc2Cl)c1=O. The molecule has 1 aromatic heterocycles. The number of hydrogen-bond acceptors (Lipinski definition) is 4. The Morgan fingerprint density at radius 3 is 2.54 bits per heavy atom. The van der Waals surface area contributed by atoms with E-state index in [0.717, 1.165) is 16.9 Å². The number of aromatic nitrogens is 1. The number of benzene rings is 2. The minimum absolute atomic E-state index is 0.116. The molecular weight excluding hydrogens is 413 g/mol. The minimum atomic E-state index is -0.310. The molecule has 0 saturated carbocycles. The Morgan fingerprint density at radius 1 is 1.18 bits per heavy atom. The Balaban J connectivity index is 2.44. The second-order valence-corrected chi connectivity index (χ2v) is 7.68. The van der Waals surface area contributed by atoms with Crippen LogP contribution in [-0.2, 0) is 6.42 Å². The fourth-order valence-corrected chi connectivity index (χ4v) is 4.28. The quantitative estimate of drug-likeness (QED) is 0.640. The van der Waals surface area contributed by atoms with Gasteiger partial charge in [0, 0.05) is 10.0 Å². The van der Waals surface area contributed by atoms with Crippen molar-refractivity contribution in [3.05, 3.63) is 83.2 Å². The second-order valence-electron chi connectivity index (χ2n) is 5.80. The van der Waals surface area contributed by atoms with Gasteiger partial charge in [-0.3, -0.25) is 9.36 Å². The lowest BCUT2D eigenvalue weighted by Crippen LogP contribution is -2.31. The smallest absolute Gasteiger partial charge is 0.267 e. The lowest BCUT2D eigenvalue weighted by molar-refractivity contribution is 0.953. The molecule has 0 aliphatic carbocycles. The van der Waals surface area contributed by atoms with Crippen LogP contribution in [0.3, 0.4) is 0 Å². The molecule has 0 bridgehead atoms. The molecule has 0 radical (unpaired) electrons. The number of thiazole rings is 1. The molecule has 0 aliphatic heterocycles. The van der Waals surface area contributed by atoms with Gasteiger partial charge in [0.15, 0.2) is 5.57 Å². The van der Waals surface area contributed by atoms with Crippen LogP contribution in [0.1, 0.15) is 18.1 Å². The first-order valence-corrected chi connectivity index (χ1v) is 9.88. The van der Waals surface area contributed by atoms with Gasteiger partial charge in [-0.25, -0.2) is 0 Å². The van der Waals surface area contributed by atoms with Crippen LogP contribution < -0.4 is 14.8 Å². The summed E-state index contributed by atoms with van der Waals surface area (Å²) in [6, 6.07) is 16.2. The zero-order valence-electron chi connectivity index (χ0n) is 14.7. The third kappa shape index (κ3) is 3.74. The highest BCUT2D eigenvalue weighted by Crippen LogP contribution is 2.21. The molecule has 0 amide bonds. The number of hydrogen-bond donors (Lipinski definition) is 0. The molecule has 1 heterocycles. The molecule has 4 nitrogen and oxygen atoms in total. The van der Waals surface area contributed by atoms with E-state index in [1.54, 1.807) is 24.3 Å². The topological polar surface area (TPSA) is 69.6 Å². The van der Waals surface area contributed by atoms with Crippen LogP contribution in [0.25, 0.3) is 17.3 Å². The summed E-state index contributed by atoms with van der Waals surface area (Å²) >= 11 is 13.3. The number of nitriles is 2. The van der Waals surface area contributed by atoms with E-state index in [-0.39, 0.29) is 11.1 Å². The van der Waals surface area contributed by atoms with Crippen LogP contribution >= 0.6 is 34.5 Å². The number of rotatable bonds is 3. The van der Waals surface area contributed by atoms with Crippen molar-refractivity contribution in [2.24, 2.45) is 0 Å². The summed E-state index contributed by atoms with van der Waals surface area (Å²) in [4.78, 5) is 13.2. The molecule has 3 rings (SSSR count). The van der Waals surface area contributed by atoms with Crippen LogP contribution in [0.15, 0.2) is 47.3 Å². The first kappa shape index (κ1) is 19.9. The van der Waals surface area contributed by atoms with Crippen LogP contribution in [0, 0.1) is 22.7 Å². The summed E-state index contributed by atoms with van der Waals surface area (Å²) in [6.07, 6.45) is 2.35. The van der Waals surface area contributed by atoms with Crippen molar-refractivity contribution >= 4 is 46.2 Å². The van der Waals surface area contributed by atoms with E-state index >= 15 is 0 Å². The van der Waals surface area contributed by atoms with Gasteiger partial charge in [0.2, 0.25) is 0 Å². The molecule has 28 heavy (non-hydrogen) atoms. The van der Waals surface area contributed by atoms with Crippen molar-refractivity contribution in [1.29, 1.82) is 10.5 Å². The molecular formula is C21H13Cl2N3OS. The van der Waals surface area contributed by atoms with E-state index in [1.807, 2.05) is 43.3 Å². The summed E-state index contributed by atoms with van der Waals surface area (Å²) in [5.41, 5.74) is 1.80. The molecule has 0 unspecified atom stereocenters. The van der Waals surface area contributed by atoms with Crippen LogP contribution in [-0.4, -0.2) is 4.57 Å². The number of nitrogens with zero attached hydrogens (tertiary/aromatic N) is 3. The average molecular weight is 426 g/mol. The monoisotopic (exact) mass is 425 g/mol. The third-order valence-corrected chi connectivity index (χ3v) is 5.78. The van der Waals surface area contributed by atoms with E-state index in [0.29, 0.717) is 36.9 Å². The third-order valence-electron chi connectivity index (χ3n) is 4.12. The van der Waals surface area contributed by atoms with Crippen molar-refractivity contribution in [2.75, 3.05) is 0 Å². The molecule has 2 aromatic carbocycles. The van der Waals surface area contributed by atoms with E-state index in [9.17, 15) is 15.3 Å². The van der Waals surface area contributed by atoms with Gasteiger partial charge >= 0.3 is 0 Å². The van der Waals surface area contributed by atoms with Gasteiger partial charge in [-0.05, 0) is 41.8 Å². The zero-order valence-corrected chi connectivity index (χ0v) is 17.1. The van der Waals surface area contributed by atoms with Crippen molar-refractivity contribution in [3.63, 3.8) is 0 Å². The Kier molecular flexibility index (Phi) is 6.02. The lowest BCUT2D eigenvalue weighted by Gasteiger charge is -2.08. The zero-order chi connectivity index (χ0) is 20.3. The minimum Gasteiger partial charge on any atom is -0.267 e. The Morgan fingerprint density at radius 2 is 1.89 bits per heavy atom. The van der Waals surface area contributed by atoms with E-state index in [2.05, 4.69) is 0 Å². The van der Waals surface area contributed by atoms with Gasteiger partial charge in [0.25, 0.3) is 5.56 Å². The van der Waals surface area contributed by atoms with Gasteiger partial charge in [0.05, 0.1) is 10.2 Å². The van der Waals surface area contributed by atoms with Gasteiger partial charge in [0.1, 0.15) is 16.8 Å². The van der Waals surface area contributed by atoms with Gasteiger partial charge in [-0.2, -0.15) is 10.5 Å². The fourth-order valence-electron chi connectivity index (χ4n) is 2.78. The highest BCUT2D eigenvalue weighted by atomic mass is 35.5. The molecule has 7 heteroatoms. The molecule has 0 aliphatic rings. The maximum atomic E-state index is 13.2. The highest BCUT2D eigenvalue weighted by Gasteiger charge is 2.13. The van der Waals surface area contributed by atoms with Crippen molar-refractivity contribution < 1.29 is 0 Å². The van der Waals surface area contributed by atoms with E-state index < -0.39 is 0 Å². The number of aryl methyl sites for hydroxylation is 1. The molecule has 3 aromatic rings. The number of halogens is 2. The van der Waals surface area contributed by atoms with Crippen LogP contribution in [0.2, 0.25) is 10.0 Å². The molecule has 0 saturated heterocycles. The molecule has 0 spiro atoms. The standard InChI is InChI=1S/C21H13Cl2N3OS/c1-2-13-5-3-4-6-18(13)26-20(27)19(28-21(26)15(11-24)12-25)9-14-7-8-16(22)10-17(14)23/h3-10H,2H2,1H3/b19-9+. The first-order valence-electron chi connectivity index (χ1n) is 8.31.